The average molecular weight is 472 g/mol. The van der Waals surface area contributed by atoms with Crippen LogP contribution in [0.1, 0.15) is 28.1 Å². The number of thioether (sulfide) groups is 1. The SMILES string of the molecule is Cc1ccc(NCc2nnc(SCC(=O)Nc3cccc(C)c3C)n2-c2ccccc2)c(C)c1. The lowest BCUT2D eigenvalue weighted by atomic mass is 10.1. The van der Waals surface area contributed by atoms with Crippen molar-refractivity contribution in [3.8, 4) is 5.69 Å². The van der Waals surface area contributed by atoms with Gasteiger partial charge < -0.3 is 10.6 Å². The van der Waals surface area contributed by atoms with E-state index in [0.717, 1.165) is 34.0 Å². The van der Waals surface area contributed by atoms with Gasteiger partial charge in [-0.05, 0) is 68.7 Å². The summed E-state index contributed by atoms with van der Waals surface area (Å²) >= 11 is 1.38. The Morgan fingerprint density at radius 2 is 1.68 bits per heavy atom. The molecule has 34 heavy (non-hydrogen) atoms. The molecule has 0 unspecified atom stereocenters. The molecule has 7 heteroatoms. The Morgan fingerprint density at radius 3 is 2.44 bits per heavy atom. The number of anilines is 2. The highest BCUT2D eigenvalue weighted by molar-refractivity contribution is 7.99. The number of hydrogen-bond acceptors (Lipinski definition) is 5. The molecule has 1 amide bonds. The minimum atomic E-state index is -0.0729. The zero-order valence-electron chi connectivity index (χ0n) is 19.9. The highest BCUT2D eigenvalue weighted by Gasteiger charge is 2.16. The molecule has 0 fully saturated rings. The quantitative estimate of drug-likeness (QED) is 0.316. The minimum absolute atomic E-state index is 0.0729. The van der Waals surface area contributed by atoms with Gasteiger partial charge in [0.1, 0.15) is 0 Å². The van der Waals surface area contributed by atoms with Gasteiger partial charge in [-0.15, -0.1) is 10.2 Å². The number of para-hydroxylation sites is 1. The molecule has 0 aliphatic rings. The molecule has 0 aliphatic heterocycles. The van der Waals surface area contributed by atoms with Crippen LogP contribution in [0.2, 0.25) is 0 Å². The van der Waals surface area contributed by atoms with Crippen LogP contribution in [0, 0.1) is 27.7 Å². The van der Waals surface area contributed by atoms with Crippen LogP contribution in [0.15, 0.2) is 71.9 Å². The first-order valence-electron chi connectivity index (χ1n) is 11.2. The summed E-state index contributed by atoms with van der Waals surface area (Å²) in [7, 11) is 0. The highest BCUT2D eigenvalue weighted by Crippen LogP contribution is 2.24. The van der Waals surface area contributed by atoms with Gasteiger partial charge in [0.05, 0.1) is 12.3 Å². The molecule has 0 saturated heterocycles. The predicted octanol–water partition coefficient (Wildman–Crippen LogP) is 5.84. The van der Waals surface area contributed by atoms with E-state index >= 15 is 0 Å². The van der Waals surface area contributed by atoms with Crippen molar-refractivity contribution in [2.24, 2.45) is 0 Å². The molecule has 0 saturated carbocycles. The Balaban J connectivity index is 1.51. The van der Waals surface area contributed by atoms with Crippen molar-refractivity contribution in [1.82, 2.24) is 14.8 Å². The van der Waals surface area contributed by atoms with Gasteiger partial charge in [0, 0.05) is 17.1 Å². The van der Waals surface area contributed by atoms with Crippen LogP contribution in [0.25, 0.3) is 5.69 Å². The van der Waals surface area contributed by atoms with Crippen molar-refractivity contribution in [1.29, 1.82) is 0 Å². The van der Waals surface area contributed by atoms with Crippen molar-refractivity contribution in [3.05, 3.63) is 94.8 Å². The standard InChI is InChI=1S/C27H29N5OS/c1-18-13-14-23(20(3)15-18)28-16-25-30-31-27(32(25)22-10-6-5-7-11-22)34-17-26(33)29-24-12-8-9-19(2)21(24)4/h5-15,28H,16-17H2,1-4H3,(H,29,33). The number of amides is 1. The average Bonchev–Trinajstić information content (AvgIpc) is 3.23. The summed E-state index contributed by atoms with van der Waals surface area (Å²) in [5, 5.41) is 16.0. The molecule has 0 radical (unpaired) electrons. The maximum Gasteiger partial charge on any atom is 0.234 e. The molecule has 0 atom stereocenters. The van der Waals surface area contributed by atoms with Gasteiger partial charge in [0.25, 0.3) is 0 Å². The van der Waals surface area contributed by atoms with E-state index in [0.29, 0.717) is 11.7 Å². The molecular formula is C27H29N5OS. The second-order valence-corrected chi connectivity index (χ2v) is 9.27. The number of nitrogens with zero attached hydrogens (tertiary/aromatic N) is 3. The van der Waals surface area contributed by atoms with Crippen LogP contribution in [0.3, 0.4) is 0 Å². The van der Waals surface area contributed by atoms with Crippen LogP contribution < -0.4 is 10.6 Å². The van der Waals surface area contributed by atoms with Crippen LogP contribution >= 0.6 is 11.8 Å². The van der Waals surface area contributed by atoms with Gasteiger partial charge in [0.15, 0.2) is 11.0 Å². The van der Waals surface area contributed by atoms with Gasteiger partial charge in [-0.25, -0.2) is 0 Å². The first kappa shape index (κ1) is 23.6. The van der Waals surface area contributed by atoms with Crippen LogP contribution in [-0.4, -0.2) is 26.4 Å². The van der Waals surface area contributed by atoms with Crippen LogP contribution in [-0.2, 0) is 11.3 Å². The summed E-state index contributed by atoms with van der Waals surface area (Å²) in [6, 6.07) is 22.2. The Labute approximate surface area is 204 Å². The van der Waals surface area contributed by atoms with Crippen molar-refractivity contribution in [2.45, 2.75) is 39.4 Å². The fourth-order valence-electron chi connectivity index (χ4n) is 3.73. The third-order valence-electron chi connectivity index (χ3n) is 5.74. The summed E-state index contributed by atoms with van der Waals surface area (Å²) in [6.07, 6.45) is 0. The molecule has 174 valence electrons. The molecule has 4 aromatic rings. The maximum absolute atomic E-state index is 12.7. The van der Waals surface area contributed by atoms with Crippen molar-refractivity contribution >= 4 is 29.0 Å². The van der Waals surface area contributed by atoms with Crippen molar-refractivity contribution < 1.29 is 4.79 Å². The third-order valence-corrected chi connectivity index (χ3v) is 6.67. The maximum atomic E-state index is 12.7. The minimum Gasteiger partial charge on any atom is -0.378 e. The normalized spacial score (nSPS) is 10.8. The van der Waals surface area contributed by atoms with Crippen LogP contribution in [0.4, 0.5) is 11.4 Å². The Hall–Kier alpha value is -3.58. The summed E-state index contributed by atoms with van der Waals surface area (Å²) < 4.78 is 2.01. The molecule has 0 bridgehead atoms. The summed E-state index contributed by atoms with van der Waals surface area (Å²) in [6.45, 7) is 8.74. The first-order chi connectivity index (χ1) is 16.4. The van der Waals surface area contributed by atoms with E-state index in [-0.39, 0.29) is 11.7 Å². The van der Waals surface area contributed by atoms with Crippen molar-refractivity contribution in [2.75, 3.05) is 16.4 Å². The lowest BCUT2D eigenvalue weighted by Gasteiger charge is -2.13. The largest absolute Gasteiger partial charge is 0.378 e. The van der Waals surface area contributed by atoms with E-state index in [9.17, 15) is 4.79 Å². The van der Waals surface area contributed by atoms with E-state index in [2.05, 4.69) is 52.9 Å². The third kappa shape index (κ3) is 5.48. The lowest BCUT2D eigenvalue weighted by molar-refractivity contribution is -0.113. The number of aryl methyl sites for hydroxylation is 3. The van der Waals surface area contributed by atoms with E-state index in [4.69, 9.17) is 0 Å². The fraction of sp³-hybridized carbons (Fsp3) is 0.222. The van der Waals surface area contributed by atoms with Crippen molar-refractivity contribution in [3.63, 3.8) is 0 Å². The molecule has 1 aromatic heterocycles. The Morgan fingerprint density at radius 1 is 0.882 bits per heavy atom. The summed E-state index contributed by atoms with van der Waals surface area (Å²) in [5.41, 5.74) is 7.51. The number of aromatic nitrogens is 3. The molecule has 0 spiro atoms. The molecule has 2 N–H and O–H groups in total. The van der Waals surface area contributed by atoms with Gasteiger partial charge in [-0.3, -0.25) is 9.36 Å². The second kappa shape index (κ2) is 10.6. The predicted molar refractivity (Wildman–Crippen MR) is 140 cm³/mol. The molecule has 1 heterocycles. The topological polar surface area (TPSA) is 71.8 Å². The molecule has 4 rings (SSSR count). The first-order valence-corrected chi connectivity index (χ1v) is 12.2. The molecule has 6 nitrogen and oxygen atoms in total. The van der Waals surface area contributed by atoms with E-state index in [1.807, 2.05) is 66.9 Å². The Bertz CT molecular complexity index is 1300. The molecule has 3 aromatic carbocycles. The smallest absolute Gasteiger partial charge is 0.234 e. The van der Waals surface area contributed by atoms with Gasteiger partial charge >= 0.3 is 0 Å². The number of benzene rings is 3. The lowest BCUT2D eigenvalue weighted by Crippen LogP contribution is -2.16. The van der Waals surface area contributed by atoms with E-state index < -0.39 is 0 Å². The zero-order chi connectivity index (χ0) is 24.1. The van der Waals surface area contributed by atoms with Gasteiger partial charge in [-0.2, -0.15) is 0 Å². The van der Waals surface area contributed by atoms with E-state index in [1.165, 1.54) is 22.9 Å². The van der Waals surface area contributed by atoms with Gasteiger partial charge in [0.2, 0.25) is 5.91 Å². The summed E-state index contributed by atoms with van der Waals surface area (Å²) in [4.78, 5) is 12.7. The number of nitrogens with one attached hydrogen (secondary N) is 2. The monoisotopic (exact) mass is 471 g/mol. The number of carbonyl (C=O) groups is 1. The number of carbonyl (C=O) groups excluding carboxylic acids is 1. The number of rotatable bonds is 8. The Kier molecular flexibility index (Phi) is 7.33. The van der Waals surface area contributed by atoms with Gasteiger partial charge in [-0.1, -0.05) is 59.8 Å². The molecule has 0 aliphatic carbocycles. The summed E-state index contributed by atoms with van der Waals surface area (Å²) in [5.74, 6) is 0.947. The zero-order valence-corrected chi connectivity index (χ0v) is 20.7. The second-order valence-electron chi connectivity index (χ2n) is 8.33. The van der Waals surface area contributed by atoms with Crippen LogP contribution in [0.5, 0.6) is 0 Å². The molecular weight excluding hydrogens is 442 g/mol. The number of hydrogen-bond donors (Lipinski definition) is 2. The van der Waals surface area contributed by atoms with E-state index in [1.54, 1.807) is 0 Å². The fourth-order valence-corrected chi connectivity index (χ4v) is 4.50. The highest BCUT2D eigenvalue weighted by atomic mass is 32.2.